The molecule has 7 atom stereocenters. The molecule has 0 bridgehead atoms. The third-order valence-electron chi connectivity index (χ3n) is 8.27. The van der Waals surface area contributed by atoms with Crippen molar-refractivity contribution >= 4 is 5.78 Å². The average molecular weight is 318 g/mol. The number of hydrogen-bond acceptors (Lipinski definition) is 3. The molecule has 0 aliphatic heterocycles. The van der Waals surface area contributed by atoms with Gasteiger partial charge in [-0.25, -0.2) is 0 Å². The van der Waals surface area contributed by atoms with Crippen molar-refractivity contribution in [3.63, 3.8) is 0 Å². The summed E-state index contributed by atoms with van der Waals surface area (Å²) in [7, 11) is 0. The minimum absolute atomic E-state index is 0.0672. The van der Waals surface area contributed by atoms with Crippen molar-refractivity contribution in [2.75, 3.05) is 6.61 Å². The van der Waals surface area contributed by atoms with E-state index in [1.165, 1.54) is 5.57 Å². The lowest BCUT2D eigenvalue weighted by molar-refractivity contribution is -0.123. The van der Waals surface area contributed by atoms with E-state index >= 15 is 0 Å². The predicted octanol–water partition coefficient (Wildman–Crippen LogP) is 3.10. The molecular formula is C20H30O3. The molecule has 0 aromatic carbocycles. The van der Waals surface area contributed by atoms with Gasteiger partial charge >= 0.3 is 0 Å². The highest BCUT2D eigenvalue weighted by atomic mass is 16.3. The number of aliphatic hydroxyl groups is 2. The summed E-state index contributed by atoms with van der Waals surface area (Å²) in [5.74, 6) is 2.44. The molecule has 0 spiro atoms. The van der Waals surface area contributed by atoms with E-state index in [-0.39, 0.29) is 29.3 Å². The van der Waals surface area contributed by atoms with Crippen molar-refractivity contribution in [2.24, 2.45) is 34.5 Å². The van der Waals surface area contributed by atoms with Crippen LogP contribution >= 0.6 is 0 Å². The summed E-state index contributed by atoms with van der Waals surface area (Å²) < 4.78 is 0. The van der Waals surface area contributed by atoms with Crippen molar-refractivity contribution in [3.8, 4) is 0 Å². The Morgan fingerprint density at radius 2 is 2.00 bits per heavy atom. The van der Waals surface area contributed by atoms with Gasteiger partial charge in [0.15, 0.2) is 5.78 Å². The van der Waals surface area contributed by atoms with Crippen LogP contribution in [0.25, 0.3) is 0 Å². The Morgan fingerprint density at radius 3 is 2.74 bits per heavy atom. The van der Waals surface area contributed by atoms with E-state index in [4.69, 9.17) is 0 Å². The zero-order valence-electron chi connectivity index (χ0n) is 14.4. The molecule has 0 radical (unpaired) electrons. The Morgan fingerprint density at radius 1 is 1.22 bits per heavy atom. The third-order valence-corrected chi connectivity index (χ3v) is 8.27. The van der Waals surface area contributed by atoms with Crippen molar-refractivity contribution in [2.45, 2.75) is 64.9 Å². The van der Waals surface area contributed by atoms with Crippen molar-refractivity contribution in [3.05, 3.63) is 11.6 Å². The van der Waals surface area contributed by atoms with E-state index in [9.17, 15) is 15.0 Å². The van der Waals surface area contributed by atoms with Gasteiger partial charge in [-0.3, -0.25) is 4.79 Å². The highest BCUT2D eigenvalue weighted by molar-refractivity contribution is 5.91. The van der Waals surface area contributed by atoms with Gasteiger partial charge in [0.05, 0.1) is 12.7 Å². The molecule has 4 aliphatic carbocycles. The lowest BCUT2D eigenvalue weighted by atomic mass is 9.45. The molecule has 0 heterocycles. The van der Waals surface area contributed by atoms with Gasteiger partial charge in [-0.05, 0) is 73.7 Å². The maximum atomic E-state index is 11.9. The number of carbonyl (C=O) groups excluding carboxylic acids is 1. The molecule has 3 nitrogen and oxygen atoms in total. The molecule has 23 heavy (non-hydrogen) atoms. The summed E-state index contributed by atoms with van der Waals surface area (Å²) in [6.07, 6.45) is 8.30. The second-order valence-electron chi connectivity index (χ2n) is 9.06. The normalized spacial score (nSPS) is 52.4. The third kappa shape index (κ3) is 1.99. The first-order valence-corrected chi connectivity index (χ1v) is 9.45. The van der Waals surface area contributed by atoms with E-state index in [1.54, 1.807) is 0 Å². The smallest absolute Gasteiger partial charge is 0.155 e. The highest BCUT2D eigenvalue weighted by Gasteiger charge is 2.61. The fraction of sp³-hybridized carbons (Fsp3) is 0.850. The molecule has 4 aliphatic rings. The van der Waals surface area contributed by atoms with Gasteiger partial charge in [0.2, 0.25) is 0 Å². The second-order valence-corrected chi connectivity index (χ2v) is 9.06. The minimum atomic E-state index is -0.157. The lowest BCUT2D eigenvalue weighted by Gasteiger charge is -2.60. The number of ketones is 1. The molecule has 0 aromatic heterocycles. The van der Waals surface area contributed by atoms with Crippen LogP contribution in [0.4, 0.5) is 0 Å². The topological polar surface area (TPSA) is 57.5 Å². The first-order chi connectivity index (χ1) is 10.9. The lowest BCUT2D eigenvalue weighted by Crippen LogP contribution is -2.55. The molecule has 0 saturated heterocycles. The molecule has 4 rings (SSSR count). The zero-order chi connectivity index (χ0) is 16.4. The number of rotatable bonds is 1. The molecule has 3 heteroatoms. The number of hydrogen-bond donors (Lipinski definition) is 2. The SMILES string of the molecule is CC1CC2=CC(=O)CC[C@]2(CO)C2CC[C@@]3(C)C(CC[C@@H]3O)C12. The Balaban J connectivity index is 1.76. The fourth-order valence-corrected chi connectivity index (χ4v) is 6.99. The van der Waals surface area contributed by atoms with Crippen LogP contribution in [0.1, 0.15) is 58.8 Å². The maximum absolute atomic E-state index is 11.9. The van der Waals surface area contributed by atoms with E-state index in [2.05, 4.69) is 13.8 Å². The van der Waals surface area contributed by atoms with Crippen LogP contribution in [0, 0.1) is 34.5 Å². The van der Waals surface area contributed by atoms with Crippen LogP contribution in [0.5, 0.6) is 0 Å². The maximum Gasteiger partial charge on any atom is 0.155 e. The standard InChI is InChI=1S/C20H30O3/c1-12-9-13-10-14(22)5-8-20(13,11-21)16-6-7-19(2)15(18(12)16)3-4-17(19)23/h10,12,15-18,21,23H,3-9,11H2,1-2H3/t12?,15?,16?,17-,18?,19-,20+/m0/s1. The zero-order valence-corrected chi connectivity index (χ0v) is 14.4. The summed E-state index contributed by atoms with van der Waals surface area (Å²) >= 11 is 0. The summed E-state index contributed by atoms with van der Waals surface area (Å²) in [4.78, 5) is 11.9. The second kappa shape index (κ2) is 5.16. The van der Waals surface area contributed by atoms with E-state index < -0.39 is 0 Å². The number of carbonyl (C=O) groups is 1. The molecule has 3 fully saturated rings. The highest BCUT2D eigenvalue weighted by Crippen LogP contribution is 2.66. The van der Waals surface area contributed by atoms with Gasteiger partial charge in [0.25, 0.3) is 0 Å². The van der Waals surface area contributed by atoms with E-state index in [0.29, 0.717) is 30.1 Å². The van der Waals surface area contributed by atoms with Gasteiger partial charge in [0.1, 0.15) is 0 Å². The monoisotopic (exact) mass is 318 g/mol. The Kier molecular flexibility index (Phi) is 3.55. The van der Waals surface area contributed by atoms with Crippen LogP contribution in [0.15, 0.2) is 11.6 Å². The Hall–Kier alpha value is -0.670. The Bertz CT molecular complexity index is 553. The molecule has 2 N–H and O–H groups in total. The quantitative estimate of drug-likeness (QED) is 0.781. The molecular weight excluding hydrogens is 288 g/mol. The average Bonchev–Trinajstić information content (AvgIpc) is 2.83. The summed E-state index contributed by atoms with van der Waals surface area (Å²) in [6.45, 7) is 4.81. The van der Waals surface area contributed by atoms with Crippen LogP contribution < -0.4 is 0 Å². The Labute approximate surface area is 139 Å². The van der Waals surface area contributed by atoms with Crippen LogP contribution in [0.3, 0.4) is 0 Å². The van der Waals surface area contributed by atoms with Gasteiger partial charge in [-0.1, -0.05) is 19.4 Å². The van der Waals surface area contributed by atoms with Crippen molar-refractivity contribution in [1.82, 2.24) is 0 Å². The van der Waals surface area contributed by atoms with Crippen molar-refractivity contribution < 1.29 is 15.0 Å². The fourth-order valence-electron chi connectivity index (χ4n) is 6.99. The van der Waals surface area contributed by atoms with E-state index in [0.717, 1.165) is 38.5 Å². The first kappa shape index (κ1) is 15.8. The summed E-state index contributed by atoms with van der Waals surface area (Å²) in [5, 5.41) is 20.9. The predicted molar refractivity (Wildman–Crippen MR) is 88.7 cm³/mol. The van der Waals surface area contributed by atoms with Crippen molar-refractivity contribution in [1.29, 1.82) is 0 Å². The van der Waals surface area contributed by atoms with Gasteiger partial charge < -0.3 is 10.2 Å². The van der Waals surface area contributed by atoms with Gasteiger partial charge in [0, 0.05) is 11.8 Å². The summed E-state index contributed by atoms with van der Waals surface area (Å²) in [5.41, 5.74) is 1.14. The largest absolute Gasteiger partial charge is 0.395 e. The van der Waals surface area contributed by atoms with Crippen LogP contribution in [-0.2, 0) is 4.79 Å². The van der Waals surface area contributed by atoms with E-state index in [1.807, 2.05) is 6.08 Å². The molecule has 4 unspecified atom stereocenters. The first-order valence-electron chi connectivity index (χ1n) is 9.45. The minimum Gasteiger partial charge on any atom is -0.395 e. The molecule has 0 aromatic rings. The van der Waals surface area contributed by atoms with Crippen LogP contribution in [-0.4, -0.2) is 28.7 Å². The number of aliphatic hydroxyl groups excluding tert-OH is 2. The van der Waals surface area contributed by atoms with Gasteiger partial charge in [-0.15, -0.1) is 0 Å². The molecule has 0 amide bonds. The molecule has 3 saturated carbocycles. The molecule has 128 valence electrons. The van der Waals surface area contributed by atoms with Gasteiger partial charge in [-0.2, -0.15) is 0 Å². The van der Waals surface area contributed by atoms with Crippen LogP contribution in [0.2, 0.25) is 0 Å². The summed E-state index contributed by atoms with van der Waals surface area (Å²) in [6, 6.07) is 0. The number of fused-ring (bicyclic) bond motifs is 5.